The van der Waals surface area contributed by atoms with Crippen molar-refractivity contribution in [1.82, 2.24) is 0 Å². The van der Waals surface area contributed by atoms with Crippen LogP contribution in [0.1, 0.15) is 30.5 Å². The Balaban J connectivity index is 3.44. The molecule has 0 saturated heterocycles. The van der Waals surface area contributed by atoms with Gasteiger partial charge in [0.1, 0.15) is 0 Å². The van der Waals surface area contributed by atoms with Gasteiger partial charge in [-0.2, -0.15) is 0 Å². The van der Waals surface area contributed by atoms with Gasteiger partial charge in [0.05, 0.1) is 12.5 Å². The molecule has 3 heteroatoms. The summed E-state index contributed by atoms with van der Waals surface area (Å²) in [6.45, 7) is 7.95. The fraction of sp³-hybridized carbons (Fsp3) is 0.500. The quantitative estimate of drug-likeness (QED) is 0.608. The molecule has 1 rings (SSSR count). The smallest absolute Gasteiger partial charge is 0.315 e. The summed E-state index contributed by atoms with van der Waals surface area (Å²) in [5, 5.41) is 0. The Bertz CT molecular complexity index is 436. The number of carbonyl (C=O) groups excluding carboxylic acids is 1. The minimum atomic E-state index is -0.606. The van der Waals surface area contributed by atoms with Crippen LogP contribution in [0.4, 0.5) is 0 Å². The van der Waals surface area contributed by atoms with Gasteiger partial charge in [-0.1, -0.05) is 6.07 Å². The van der Waals surface area contributed by atoms with Crippen LogP contribution in [-0.2, 0) is 14.9 Å². The van der Waals surface area contributed by atoms with Gasteiger partial charge in [0.15, 0.2) is 0 Å². The molecule has 0 aliphatic heterocycles. The molecule has 0 bridgehead atoms. The van der Waals surface area contributed by atoms with Crippen LogP contribution in [0.2, 0.25) is 0 Å². The van der Waals surface area contributed by atoms with Gasteiger partial charge in [0, 0.05) is 4.90 Å². The molecule has 0 heterocycles. The number of thioether (sulfide) groups is 1. The largest absolute Gasteiger partial charge is 0.468 e. The zero-order chi connectivity index (χ0) is 13.2. The fourth-order valence-electron chi connectivity index (χ4n) is 2.25. The van der Waals surface area contributed by atoms with E-state index in [9.17, 15) is 4.79 Å². The van der Waals surface area contributed by atoms with E-state index in [1.54, 1.807) is 11.8 Å². The van der Waals surface area contributed by atoms with E-state index in [2.05, 4.69) is 19.1 Å². The number of rotatable bonds is 3. The normalized spacial score (nSPS) is 11.4. The predicted octanol–water partition coefficient (Wildman–Crippen LogP) is 3.48. The summed E-state index contributed by atoms with van der Waals surface area (Å²) in [6, 6.07) is 4.23. The average molecular weight is 252 g/mol. The van der Waals surface area contributed by atoms with Crippen molar-refractivity contribution in [3.8, 4) is 0 Å². The fourth-order valence-corrected chi connectivity index (χ4v) is 3.17. The molecule has 0 fully saturated rings. The maximum atomic E-state index is 11.9. The number of hydrogen-bond acceptors (Lipinski definition) is 3. The second-order valence-electron chi connectivity index (χ2n) is 4.78. The number of hydrogen-bond donors (Lipinski definition) is 0. The number of methoxy groups -OCH3 is 1. The summed E-state index contributed by atoms with van der Waals surface area (Å²) in [5.74, 6) is -0.195. The zero-order valence-corrected chi connectivity index (χ0v) is 12.2. The Kier molecular flexibility index (Phi) is 4.26. The van der Waals surface area contributed by atoms with Crippen molar-refractivity contribution in [2.45, 2.75) is 38.0 Å². The Hall–Kier alpha value is -0.960. The van der Waals surface area contributed by atoms with Crippen molar-refractivity contribution in [3.63, 3.8) is 0 Å². The van der Waals surface area contributed by atoms with Gasteiger partial charge >= 0.3 is 5.97 Å². The van der Waals surface area contributed by atoms with Gasteiger partial charge < -0.3 is 4.74 Å². The molecule has 0 aromatic heterocycles. The van der Waals surface area contributed by atoms with E-state index in [0.29, 0.717) is 0 Å². The highest BCUT2D eigenvalue weighted by Gasteiger charge is 2.34. The molecule has 1 aromatic carbocycles. The van der Waals surface area contributed by atoms with Crippen molar-refractivity contribution in [2.75, 3.05) is 13.4 Å². The first-order chi connectivity index (χ1) is 7.84. The Labute approximate surface area is 108 Å². The maximum Gasteiger partial charge on any atom is 0.315 e. The molecular weight excluding hydrogens is 232 g/mol. The van der Waals surface area contributed by atoms with Crippen LogP contribution in [0.5, 0.6) is 0 Å². The number of benzene rings is 1. The van der Waals surface area contributed by atoms with Crippen molar-refractivity contribution in [1.29, 1.82) is 0 Å². The Morgan fingerprint density at radius 1 is 1.29 bits per heavy atom. The molecule has 0 N–H and O–H groups in total. The lowest BCUT2D eigenvalue weighted by Gasteiger charge is -2.26. The lowest BCUT2D eigenvalue weighted by Crippen LogP contribution is -2.31. The lowest BCUT2D eigenvalue weighted by atomic mass is 9.81. The second kappa shape index (κ2) is 5.13. The van der Waals surface area contributed by atoms with Gasteiger partial charge in [-0.25, -0.2) is 0 Å². The Morgan fingerprint density at radius 3 is 2.35 bits per heavy atom. The van der Waals surface area contributed by atoms with Crippen LogP contribution in [0.25, 0.3) is 0 Å². The van der Waals surface area contributed by atoms with Crippen LogP contribution in [-0.4, -0.2) is 19.3 Å². The highest BCUT2D eigenvalue weighted by Crippen LogP contribution is 2.36. The van der Waals surface area contributed by atoms with Crippen LogP contribution in [0.3, 0.4) is 0 Å². The molecule has 0 amide bonds. The molecule has 0 aliphatic carbocycles. The molecule has 0 aliphatic rings. The molecule has 0 unspecified atom stereocenters. The van der Waals surface area contributed by atoms with Crippen LogP contribution in [0, 0.1) is 13.8 Å². The maximum absolute atomic E-state index is 11.9. The summed E-state index contributed by atoms with van der Waals surface area (Å²) in [7, 11) is 1.44. The number of aryl methyl sites for hydroxylation is 2. The van der Waals surface area contributed by atoms with Gasteiger partial charge in [-0.05, 0) is 56.7 Å². The molecule has 1 aromatic rings. The minimum absolute atomic E-state index is 0.195. The molecular formula is C14H20O2S. The first-order valence-corrected chi connectivity index (χ1v) is 6.81. The van der Waals surface area contributed by atoms with Crippen LogP contribution < -0.4 is 0 Å². The first-order valence-electron chi connectivity index (χ1n) is 5.58. The van der Waals surface area contributed by atoms with Crippen LogP contribution >= 0.6 is 11.8 Å². The van der Waals surface area contributed by atoms with Gasteiger partial charge in [0.25, 0.3) is 0 Å². The van der Waals surface area contributed by atoms with E-state index < -0.39 is 5.41 Å². The van der Waals surface area contributed by atoms with E-state index in [1.165, 1.54) is 12.7 Å². The Morgan fingerprint density at radius 2 is 1.88 bits per heavy atom. The van der Waals surface area contributed by atoms with E-state index in [4.69, 9.17) is 4.74 Å². The third-order valence-electron chi connectivity index (χ3n) is 2.98. The SMILES string of the molecule is COC(=O)C(C)(C)c1c(C)cc(C)cc1SC. The molecule has 17 heavy (non-hydrogen) atoms. The zero-order valence-electron chi connectivity index (χ0n) is 11.4. The minimum Gasteiger partial charge on any atom is -0.468 e. The average Bonchev–Trinajstić information content (AvgIpc) is 2.25. The van der Waals surface area contributed by atoms with E-state index in [-0.39, 0.29) is 5.97 Å². The molecule has 0 saturated carbocycles. The van der Waals surface area contributed by atoms with E-state index in [1.807, 2.05) is 27.0 Å². The summed E-state index contributed by atoms with van der Waals surface area (Å²) in [6.07, 6.45) is 2.03. The van der Waals surface area contributed by atoms with Crippen molar-refractivity contribution in [2.24, 2.45) is 0 Å². The highest BCUT2D eigenvalue weighted by atomic mass is 32.2. The third-order valence-corrected chi connectivity index (χ3v) is 3.75. The third kappa shape index (κ3) is 2.65. The second-order valence-corrected chi connectivity index (χ2v) is 5.62. The van der Waals surface area contributed by atoms with Crippen LogP contribution in [0.15, 0.2) is 17.0 Å². The van der Waals surface area contributed by atoms with Crippen molar-refractivity contribution in [3.05, 3.63) is 28.8 Å². The standard InChI is InChI=1S/C14H20O2S/c1-9-7-10(2)12(11(8-9)17-6)14(3,4)13(15)16-5/h7-8H,1-6H3. The summed E-state index contributed by atoms with van der Waals surface area (Å²) in [4.78, 5) is 13.1. The molecule has 0 radical (unpaired) electrons. The lowest BCUT2D eigenvalue weighted by molar-refractivity contribution is -0.146. The van der Waals surface area contributed by atoms with E-state index >= 15 is 0 Å². The van der Waals surface area contributed by atoms with E-state index in [0.717, 1.165) is 16.0 Å². The van der Waals surface area contributed by atoms with Gasteiger partial charge in [0.2, 0.25) is 0 Å². The summed E-state index contributed by atoms with van der Waals surface area (Å²) in [5.41, 5.74) is 2.83. The number of ether oxygens (including phenoxy) is 1. The number of carbonyl (C=O) groups is 1. The predicted molar refractivity (Wildman–Crippen MR) is 72.7 cm³/mol. The molecule has 2 nitrogen and oxygen atoms in total. The number of esters is 1. The van der Waals surface area contributed by atoms with Gasteiger partial charge in [-0.15, -0.1) is 11.8 Å². The summed E-state index contributed by atoms with van der Waals surface area (Å²) >= 11 is 1.67. The van der Waals surface area contributed by atoms with Gasteiger partial charge in [-0.3, -0.25) is 4.79 Å². The highest BCUT2D eigenvalue weighted by molar-refractivity contribution is 7.98. The molecule has 0 atom stereocenters. The topological polar surface area (TPSA) is 26.3 Å². The first kappa shape index (κ1) is 14.1. The van der Waals surface area contributed by atoms with Crippen molar-refractivity contribution >= 4 is 17.7 Å². The molecule has 94 valence electrons. The summed E-state index contributed by atoms with van der Waals surface area (Å²) < 4.78 is 4.91. The monoisotopic (exact) mass is 252 g/mol. The molecule has 0 spiro atoms. The van der Waals surface area contributed by atoms with Crippen molar-refractivity contribution < 1.29 is 9.53 Å².